The summed E-state index contributed by atoms with van der Waals surface area (Å²) in [4.78, 5) is 5.18. The standard InChI is InChI=1S/C15H13FN2S/c1-11-13-9-12(16)4-5-15(13)19-14(11)3-2-7-18-8-6-17-10-18/h2-6,8-10H,7H2,1H3/b3-2+. The lowest BCUT2D eigenvalue weighted by Gasteiger charge is -1.95. The molecule has 0 saturated heterocycles. The lowest BCUT2D eigenvalue weighted by Crippen LogP contribution is -1.88. The number of benzene rings is 1. The second-order valence-electron chi connectivity index (χ2n) is 4.39. The molecule has 0 aliphatic carbocycles. The van der Waals surface area contributed by atoms with E-state index in [4.69, 9.17) is 0 Å². The van der Waals surface area contributed by atoms with Crippen LogP contribution in [0.15, 0.2) is 43.0 Å². The van der Waals surface area contributed by atoms with Crippen molar-refractivity contribution in [2.75, 3.05) is 0 Å². The second-order valence-corrected chi connectivity index (χ2v) is 5.48. The minimum Gasteiger partial charge on any atom is -0.334 e. The molecule has 0 aliphatic rings. The van der Waals surface area contributed by atoms with Gasteiger partial charge in [-0.15, -0.1) is 11.3 Å². The van der Waals surface area contributed by atoms with E-state index in [0.717, 1.165) is 22.2 Å². The zero-order valence-electron chi connectivity index (χ0n) is 10.5. The molecule has 0 aliphatic heterocycles. The minimum absolute atomic E-state index is 0.178. The predicted octanol–water partition coefficient (Wildman–Crippen LogP) is 4.26. The van der Waals surface area contributed by atoms with Crippen LogP contribution >= 0.6 is 11.3 Å². The van der Waals surface area contributed by atoms with Gasteiger partial charge in [-0.2, -0.15) is 0 Å². The Bertz CT molecular complexity index is 726. The molecular formula is C15H13FN2S. The number of thiophene rings is 1. The number of rotatable bonds is 3. The number of nitrogens with zero attached hydrogens (tertiary/aromatic N) is 2. The highest BCUT2D eigenvalue weighted by Gasteiger charge is 2.06. The van der Waals surface area contributed by atoms with Crippen LogP contribution in [0.2, 0.25) is 0 Å². The highest BCUT2D eigenvalue weighted by molar-refractivity contribution is 7.20. The number of halogens is 1. The molecule has 0 radical (unpaired) electrons. The van der Waals surface area contributed by atoms with Crippen molar-refractivity contribution in [3.63, 3.8) is 0 Å². The van der Waals surface area contributed by atoms with E-state index >= 15 is 0 Å². The Morgan fingerprint density at radius 1 is 1.42 bits per heavy atom. The van der Waals surface area contributed by atoms with Crippen molar-refractivity contribution in [1.82, 2.24) is 9.55 Å². The summed E-state index contributed by atoms with van der Waals surface area (Å²) >= 11 is 1.69. The first kappa shape index (κ1) is 12.1. The van der Waals surface area contributed by atoms with Crippen LogP contribution in [0.1, 0.15) is 10.4 Å². The number of imidazole rings is 1. The summed E-state index contributed by atoms with van der Waals surface area (Å²) in [5.41, 5.74) is 1.14. The summed E-state index contributed by atoms with van der Waals surface area (Å²) in [6.07, 6.45) is 9.67. The van der Waals surface area contributed by atoms with E-state index in [2.05, 4.69) is 17.1 Å². The molecule has 0 bridgehead atoms. The first-order valence-electron chi connectivity index (χ1n) is 6.05. The van der Waals surface area contributed by atoms with Crippen molar-refractivity contribution >= 4 is 27.5 Å². The molecule has 0 atom stereocenters. The summed E-state index contributed by atoms with van der Waals surface area (Å²) in [6, 6.07) is 4.96. The fourth-order valence-corrected chi connectivity index (χ4v) is 3.17. The molecule has 0 unspecified atom stereocenters. The van der Waals surface area contributed by atoms with E-state index < -0.39 is 0 Å². The molecule has 19 heavy (non-hydrogen) atoms. The van der Waals surface area contributed by atoms with Crippen molar-refractivity contribution < 1.29 is 4.39 Å². The van der Waals surface area contributed by atoms with Crippen LogP contribution in [0.4, 0.5) is 4.39 Å². The van der Waals surface area contributed by atoms with Gasteiger partial charge in [0.1, 0.15) is 5.82 Å². The summed E-state index contributed by atoms with van der Waals surface area (Å²) in [5.74, 6) is -0.178. The number of hydrogen-bond donors (Lipinski definition) is 0. The summed E-state index contributed by atoms with van der Waals surface area (Å²) in [6.45, 7) is 2.83. The fraction of sp³-hybridized carbons (Fsp3) is 0.133. The summed E-state index contributed by atoms with van der Waals surface area (Å²) in [7, 11) is 0. The van der Waals surface area contributed by atoms with Gasteiger partial charge in [0, 0.05) is 28.5 Å². The van der Waals surface area contributed by atoms with Crippen LogP contribution in [0.3, 0.4) is 0 Å². The van der Waals surface area contributed by atoms with Crippen molar-refractivity contribution in [2.24, 2.45) is 0 Å². The number of aromatic nitrogens is 2. The zero-order valence-corrected chi connectivity index (χ0v) is 11.3. The monoisotopic (exact) mass is 272 g/mol. The average Bonchev–Trinajstić information content (AvgIpc) is 3.00. The normalized spacial score (nSPS) is 11.7. The predicted molar refractivity (Wildman–Crippen MR) is 77.8 cm³/mol. The van der Waals surface area contributed by atoms with Gasteiger partial charge in [-0.1, -0.05) is 6.08 Å². The quantitative estimate of drug-likeness (QED) is 0.696. The Balaban J connectivity index is 1.88. The third kappa shape index (κ3) is 2.44. The minimum atomic E-state index is -0.178. The number of hydrogen-bond acceptors (Lipinski definition) is 2. The highest BCUT2D eigenvalue weighted by Crippen LogP contribution is 2.32. The summed E-state index contributed by atoms with van der Waals surface area (Å²) < 4.78 is 16.4. The smallest absolute Gasteiger partial charge is 0.123 e. The van der Waals surface area contributed by atoms with Crippen molar-refractivity contribution in [2.45, 2.75) is 13.5 Å². The van der Waals surface area contributed by atoms with E-state index in [9.17, 15) is 4.39 Å². The van der Waals surface area contributed by atoms with Gasteiger partial charge in [-0.3, -0.25) is 0 Å². The Kier molecular flexibility index (Phi) is 3.17. The van der Waals surface area contributed by atoms with E-state index in [1.807, 2.05) is 23.8 Å². The van der Waals surface area contributed by atoms with Gasteiger partial charge in [0.15, 0.2) is 0 Å². The van der Waals surface area contributed by atoms with E-state index in [0.29, 0.717) is 0 Å². The average molecular weight is 272 g/mol. The first-order valence-corrected chi connectivity index (χ1v) is 6.86. The summed E-state index contributed by atoms with van der Waals surface area (Å²) in [5, 5.41) is 1.01. The molecule has 0 amide bonds. The van der Waals surface area contributed by atoms with Gasteiger partial charge >= 0.3 is 0 Å². The van der Waals surface area contributed by atoms with Crippen LogP contribution in [-0.2, 0) is 6.54 Å². The molecule has 0 spiro atoms. The van der Waals surface area contributed by atoms with Gasteiger partial charge < -0.3 is 4.57 Å². The second kappa shape index (κ2) is 4.97. The highest BCUT2D eigenvalue weighted by atomic mass is 32.1. The van der Waals surface area contributed by atoms with Crippen molar-refractivity contribution in [3.05, 3.63) is 59.3 Å². The van der Waals surface area contributed by atoms with Crippen LogP contribution in [-0.4, -0.2) is 9.55 Å². The molecule has 3 aromatic rings. The molecule has 2 aromatic heterocycles. The SMILES string of the molecule is Cc1c(/C=C/Cn2ccnc2)sc2ccc(F)cc12. The molecule has 0 saturated carbocycles. The lowest BCUT2D eigenvalue weighted by molar-refractivity contribution is 0.630. The Labute approximate surface area is 114 Å². The Morgan fingerprint density at radius 2 is 2.32 bits per heavy atom. The lowest BCUT2D eigenvalue weighted by atomic mass is 10.1. The van der Waals surface area contributed by atoms with Gasteiger partial charge in [0.2, 0.25) is 0 Å². The maximum atomic E-state index is 13.2. The fourth-order valence-electron chi connectivity index (χ4n) is 2.05. The third-order valence-corrected chi connectivity index (χ3v) is 4.32. The number of fused-ring (bicyclic) bond motifs is 1. The molecular weight excluding hydrogens is 259 g/mol. The molecule has 2 heterocycles. The molecule has 1 aromatic carbocycles. The van der Waals surface area contributed by atoms with Crippen molar-refractivity contribution in [1.29, 1.82) is 0 Å². The molecule has 3 rings (SSSR count). The topological polar surface area (TPSA) is 17.8 Å². The zero-order chi connectivity index (χ0) is 13.2. The van der Waals surface area contributed by atoms with Gasteiger partial charge in [-0.25, -0.2) is 9.37 Å². The Hall–Kier alpha value is -1.94. The van der Waals surface area contributed by atoms with Gasteiger partial charge in [0.05, 0.1) is 6.33 Å². The molecule has 2 nitrogen and oxygen atoms in total. The van der Waals surface area contributed by atoms with Crippen molar-refractivity contribution in [3.8, 4) is 0 Å². The third-order valence-electron chi connectivity index (χ3n) is 3.08. The molecule has 0 fully saturated rings. The molecule has 4 heteroatoms. The molecule has 0 N–H and O–H groups in total. The number of aryl methyl sites for hydroxylation is 1. The maximum Gasteiger partial charge on any atom is 0.123 e. The van der Waals surface area contributed by atoms with E-state index in [1.165, 1.54) is 10.9 Å². The van der Waals surface area contributed by atoms with Crippen LogP contribution in [0.5, 0.6) is 0 Å². The van der Waals surface area contributed by atoms with Crippen LogP contribution < -0.4 is 0 Å². The van der Waals surface area contributed by atoms with Gasteiger partial charge in [-0.05, 0) is 42.1 Å². The largest absolute Gasteiger partial charge is 0.334 e. The van der Waals surface area contributed by atoms with E-state index in [1.54, 1.807) is 29.9 Å². The Morgan fingerprint density at radius 3 is 3.11 bits per heavy atom. The van der Waals surface area contributed by atoms with Gasteiger partial charge in [0.25, 0.3) is 0 Å². The van der Waals surface area contributed by atoms with E-state index in [-0.39, 0.29) is 5.82 Å². The first-order chi connectivity index (χ1) is 9.24. The van der Waals surface area contributed by atoms with Crippen LogP contribution in [0, 0.1) is 12.7 Å². The van der Waals surface area contributed by atoms with Crippen LogP contribution in [0.25, 0.3) is 16.2 Å². The molecule has 96 valence electrons. The number of allylic oxidation sites excluding steroid dienone is 1. The maximum absolute atomic E-state index is 13.2.